The average molecular weight is 246 g/mol. The van der Waals surface area contributed by atoms with E-state index in [1.165, 1.54) is 0 Å². The number of carbonyl (C=O) groups is 2. The van der Waals surface area contributed by atoms with Crippen molar-refractivity contribution in [1.29, 1.82) is 0 Å². The number of nitrogens with two attached hydrogens (primary N) is 1. The van der Waals surface area contributed by atoms with Gasteiger partial charge in [0.1, 0.15) is 0 Å². The normalized spacial score (nSPS) is 28.9. The molecule has 1 heterocycles. The van der Waals surface area contributed by atoms with Gasteiger partial charge in [-0.1, -0.05) is 6.42 Å². The fourth-order valence-corrected chi connectivity index (χ4v) is 3.41. The fraction of sp³-hybridized carbons (Fsp3) is 0.800. The van der Waals surface area contributed by atoms with Crippen LogP contribution in [0.15, 0.2) is 0 Å². The van der Waals surface area contributed by atoms with E-state index >= 15 is 0 Å². The largest absolute Gasteiger partial charge is 0.481 e. The number of nitrogens with one attached hydrogen (secondary N) is 1. The van der Waals surface area contributed by atoms with Gasteiger partial charge in [0, 0.05) is 23.5 Å². The van der Waals surface area contributed by atoms with Gasteiger partial charge in [0.05, 0.1) is 6.04 Å². The first-order valence-corrected chi connectivity index (χ1v) is 6.48. The van der Waals surface area contributed by atoms with Crippen LogP contribution in [-0.4, -0.2) is 40.6 Å². The number of aliphatic carboxylic acids is 1. The SMILES string of the molecule is N[C@H]1CSC(CCCCC(=O)O)[C@H]1NC=O. The minimum atomic E-state index is -0.752. The lowest BCUT2D eigenvalue weighted by molar-refractivity contribution is -0.137. The summed E-state index contributed by atoms with van der Waals surface area (Å²) in [6.07, 6.45) is 3.39. The molecule has 0 aliphatic carbocycles. The molecule has 3 atom stereocenters. The van der Waals surface area contributed by atoms with Crippen molar-refractivity contribution in [1.82, 2.24) is 5.32 Å². The zero-order valence-electron chi connectivity index (χ0n) is 9.09. The molecule has 1 rings (SSSR count). The number of rotatable bonds is 7. The monoisotopic (exact) mass is 246 g/mol. The first-order valence-electron chi connectivity index (χ1n) is 5.44. The third-order valence-electron chi connectivity index (χ3n) is 2.75. The molecule has 0 aromatic carbocycles. The van der Waals surface area contributed by atoms with Crippen molar-refractivity contribution >= 4 is 24.1 Å². The Morgan fingerprint density at radius 1 is 1.56 bits per heavy atom. The van der Waals surface area contributed by atoms with Gasteiger partial charge in [-0.05, 0) is 12.8 Å². The van der Waals surface area contributed by atoms with E-state index in [9.17, 15) is 9.59 Å². The highest BCUT2D eigenvalue weighted by molar-refractivity contribution is 8.00. The number of amides is 1. The van der Waals surface area contributed by atoms with Crippen molar-refractivity contribution in [3.05, 3.63) is 0 Å². The van der Waals surface area contributed by atoms with Crippen LogP contribution in [0.5, 0.6) is 0 Å². The van der Waals surface area contributed by atoms with E-state index in [1.807, 2.05) is 0 Å². The average Bonchev–Trinajstić information content (AvgIpc) is 2.56. The number of thioether (sulfide) groups is 1. The second kappa shape index (κ2) is 6.75. The second-order valence-electron chi connectivity index (χ2n) is 3.99. The summed E-state index contributed by atoms with van der Waals surface area (Å²) in [5.41, 5.74) is 5.87. The van der Waals surface area contributed by atoms with Gasteiger partial charge in [-0.3, -0.25) is 9.59 Å². The Kier molecular flexibility index (Phi) is 5.62. The molecule has 1 amide bonds. The molecule has 0 radical (unpaired) electrons. The number of unbranched alkanes of at least 4 members (excludes halogenated alkanes) is 1. The lowest BCUT2D eigenvalue weighted by Crippen LogP contribution is -2.46. The molecule has 1 aliphatic heterocycles. The maximum Gasteiger partial charge on any atom is 0.303 e. The van der Waals surface area contributed by atoms with Crippen LogP contribution in [0.3, 0.4) is 0 Å². The molecule has 92 valence electrons. The van der Waals surface area contributed by atoms with E-state index in [4.69, 9.17) is 10.8 Å². The molecule has 0 aromatic heterocycles. The molecular weight excluding hydrogens is 228 g/mol. The minimum absolute atomic E-state index is 0.0136. The summed E-state index contributed by atoms with van der Waals surface area (Å²) >= 11 is 1.76. The molecule has 0 spiro atoms. The zero-order valence-corrected chi connectivity index (χ0v) is 9.91. The fourth-order valence-electron chi connectivity index (χ4n) is 1.91. The standard InChI is InChI=1S/C10H18N2O3S/c11-7-5-16-8(10(7)12-6-13)3-1-2-4-9(14)15/h6-8,10H,1-5,11H2,(H,12,13)(H,14,15)/t7-,8?,10-/m0/s1. The Morgan fingerprint density at radius 2 is 2.31 bits per heavy atom. The zero-order chi connectivity index (χ0) is 12.0. The first-order chi connectivity index (χ1) is 7.65. The number of hydrogen-bond donors (Lipinski definition) is 3. The van der Waals surface area contributed by atoms with E-state index in [0.29, 0.717) is 18.1 Å². The van der Waals surface area contributed by atoms with Crippen LogP contribution < -0.4 is 11.1 Å². The molecule has 0 saturated carbocycles. The van der Waals surface area contributed by atoms with E-state index in [0.717, 1.165) is 18.6 Å². The van der Waals surface area contributed by atoms with Crippen molar-refractivity contribution in [2.24, 2.45) is 5.73 Å². The summed E-state index contributed by atoms with van der Waals surface area (Å²) in [4.78, 5) is 20.7. The van der Waals surface area contributed by atoms with Gasteiger partial charge in [-0.15, -0.1) is 0 Å². The van der Waals surface area contributed by atoms with Crippen LogP contribution in [0.4, 0.5) is 0 Å². The second-order valence-corrected chi connectivity index (χ2v) is 5.26. The van der Waals surface area contributed by atoms with Gasteiger partial charge in [-0.2, -0.15) is 11.8 Å². The molecule has 6 heteroatoms. The van der Waals surface area contributed by atoms with Crippen molar-refractivity contribution in [2.75, 3.05) is 5.75 Å². The van der Waals surface area contributed by atoms with Gasteiger partial charge in [0.25, 0.3) is 0 Å². The van der Waals surface area contributed by atoms with Crippen molar-refractivity contribution < 1.29 is 14.7 Å². The summed E-state index contributed by atoms with van der Waals surface area (Å²) in [5, 5.41) is 11.6. The number of carboxylic acids is 1. The quantitative estimate of drug-likeness (QED) is 0.440. The summed E-state index contributed by atoms with van der Waals surface area (Å²) in [7, 11) is 0. The van der Waals surface area contributed by atoms with E-state index < -0.39 is 5.97 Å². The lowest BCUT2D eigenvalue weighted by Gasteiger charge is -2.20. The molecule has 0 aromatic rings. The van der Waals surface area contributed by atoms with Crippen molar-refractivity contribution in [3.63, 3.8) is 0 Å². The maximum atomic E-state index is 10.4. The Labute approximate surface area is 99.1 Å². The molecule has 1 fully saturated rings. The van der Waals surface area contributed by atoms with Crippen LogP contribution in [0.1, 0.15) is 25.7 Å². The highest BCUT2D eigenvalue weighted by Gasteiger charge is 2.33. The predicted molar refractivity (Wildman–Crippen MR) is 63.3 cm³/mol. The van der Waals surface area contributed by atoms with E-state index in [2.05, 4.69) is 5.32 Å². The molecule has 4 N–H and O–H groups in total. The van der Waals surface area contributed by atoms with Crippen molar-refractivity contribution in [3.8, 4) is 0 Å². The third kappa shape index (κ3) is 4.02. The van der Waals surface area contributed by atoms with Gasteiger partial charge >= 0.3 is 5.97 Å². The molecule has 5 nitrogen and oxygen atoms in total. The molecule has 16 heavy (non-hydrogen) atoms. The predicted octanol–water partition coefficient (Wildman–Crippen LogP) is 0.189. The summed E-state index contributed by atoms with van der Waals surface area (Å²) in [6, 6.07) is 0.0481. The number of hydrogen-bond acceptors (Lipinski definition) is 4. The molecule has 0 bridgehead atoms. The van der Waals surface area contributed by atoms with Crippen LogP contribution >= 0.6 is 11.8 Å². The van der Waals surface area contributed by atoms with Gasteiger partial charge in [-0.25, -0.2) is 0 Å². The minimum Gasteiger partial charge on any atom is -0.481 e. The third-order valence-corrected chi connectivity index (χ3v) is 4.29. The summed E-state index contributed by atoms with van der Waals surface area (Å²) in [6.45, 7) is 0. The molecular formula is C10H18N2O3S. The number of carboxylic acid groups (broad SMARTS) is 1. The molecule has 1 aliphatic rings. The summed E-state index contributed by atoms with van der Waals surface area (Å²) < 4.78 is 0. The highest BCUT2D eigenvalue weighted by atomic mass is 32.2. The van der Waals surface area contributed by atoms with E-state index in [1.54, 1.807) is 11.8 Å². The Bertz CT molecular complexity index is 250. The van der Waals surface area contributed by atoms with Crippen LogP contribution in [0.25, 0.3) is 0 Å². The van der Waals surface area contributed by atoms with Gasteiger partial charge in [0.15, 0.2) is 0 Å². The molecule has 1 saturated heterocycles. The topological polar surface area (TPSA) is 92.4 Å². The van der Waals surface area contributed by atoms with Crippen LogP contribution in [-0.2, 0) is 9.59 Å². The van der Waals surface area contributed by atoms with Crippen molar-refractivity contribution in [2.45, 2.75) is 43.0 Å². The highest BCUT2D eigenvalue weighted by Crippen LogP contribution is 2.30. The first kappa shape index (κ1) is 13.3. The van der Waals surface area contributed by atoms with Gasteiger partial charge < -0.3 is 16.2 Å². The van der Waals surface area contributed by atoms with Crippen LogP contribution in [0.2, 0.25) is 0 Å². The summed E-state index contributed by atoms with van der Waals surface area (Å²) in [5.74, 6) is 0.105. The number of carbonyl (C=O) groups excluding carboxylic acids is 1. The van der Waals surface area contributed by atoms with Gasteiger partial charge in [0.2, 0.25) is 6.41 Å². The van der Waals surface area contributed by atoms with E-state index in [-0.39, 0.29) is 18.5 Å². The molecule has 1 unspecified atom stereocenters. The maximum absolute atomic E-state index is 10.4. The lowest BCUT2D eigenvalue weighted by atomic mass is 10.0. The Balaban J connectivity index is 2.24. The Hall–Kier alpha value is -0.750. The smallest absolute Gasteiger partial charge is 0.303 e. The Morgan fingerprint density at radius 3 is 2.94 bits per heavy atom. The van der Waals surface area contributed by atoms with Crippen LogP contribution in [0, 0.1) is 0 Å².